The molecule has 1 aromatic heterocycles. The summed E-state index contributed by atoms with van der Waals surface area (Å²) < 4.78 is 1.11. The lowest BCUT2D eigenvalue weighted by Gasteiger charge is -2.22. The number of carbonyl (C=O) groups excluding carboxylic acids is 2. The van der Waals surface area contributed by atoms with Gasteiger partial charge in [0.1, 0.15) is 11.4 Å². The van der Waals surface area contributed by atoms with Crippen LogP contribution in [0.4, 0.5) is 5.82 Å². The van der Waals surface area contributed by atoms with Crippen molar-refractivity contribution in [3.05, 3.63) is 23.5 Å². The zero-order valence-corrected chi connectivity index (χ0v) is 10.3. The number of rotatable bonds is 3. The highest BCUT2D eigenvalue weighted by atomic mass is 16.4. The van der Waals surface area contributed by atoms with Gasteiger partial charge in [0, 0.05) is 18.8 Å². The van der Waals surface area contributed by atoms with E-state index in [1.165, 1.54) is 26.4 Å². The highest BCUT2D eigenvalue weighted by Gasteiger charge is 2.34. The molecule has 0 radical (unpaired) electrons. The van der Waals surface area contributed by atoms with Gasteiger partial charge in [-0.15, -0.1) is 0 Å². The van der Waals surface area contributed by atoms with Gasteiger partial charge < -0.3 is 15.7 Å². The fourth-order valence-electron chi connectivity index (χ4n) is 1.89. The van der Waals surface area contributed by atoms with Gasteiger partial charge in [0.05, 0.1) is 6.20 Å². The number of aliphatic carboxylic acids is 1. The van der Waals surface area contributed by atoms with Crippen molar-refractivity contribution in [3.63, 3.8) is 0 Å². The molecule has 8 heteroatoms. The molecule has 0 spiro atoms. The minimum Gasteiger partial charge on any atom is -0.479 e. The van der Waals surface area contributed by atoms with Crippen molar-refractivity contribution in [2.45, 2.75) is 13.0 Å². The lowest BCUT2D eigenvalue weighted by molar-refractivity contribution is -0.140. The van der Waals surface area contributed by atoms with Crippen LogP contribution in [0, 0.1) is 0 Å². The molecule has 1 aliphatic rings. The van der Waals surface area contributed by atoms with E-state index in [4.69, 9.17) is 0 Å². The molecule has 1 amide bonds. The molecule has 1 aliphatic heterocycles. The van der Waals surface area contributed by atoms with Crippen molar-refractivity contribution in [2.75, 3.05) is 12.4 Å². The van der Waals surface area contributed by atoms with Crippen LogP contribution in [0.5, 0.6) is 0 Å². The van der Waals surface area contributed by atoms with Gasteiger partial charge in [-0.1, -0.05) is 0 Å². The molecule has 1 unspecified atom stereocenters. The normalized spacial score (nSPS) is 16.9. The monoisotopic (exact) mass is 264 g/mol. The second-order valence-electron chi connectivity index (χ2n) is 3.97. The third kappa shape index (κ3) is 1.96. The molecule has 0 aromatic carbocycles. The summed E-state index contributed by atoms with van der Waals surface area (Å²) in [6, 6.07) is -1.23. The number of Topliss-reactive ketones (excluding diaryl/α,β-unsaturated/α-hetero) is 1. The SMILES string of the molecule is CNC(=O)c1cnn2c1NC=C(C(C)=O)C2C(=O)O. The number of nitrogens with one attached hydrogen (secondary N) is 2. The van der Waals surface area contributed by atoms with E-state index in [0.29, 0.717) is 0 Å². The van der Waals surface area contributed by atoms with E-state index in [0.717, 1.165) is 4.68 Å². The maximum atomic E-state index is 11.6. The molecule has 0 bridgehead atoms. The first kappa shape index (κ1) is 12.8. The average Bonchev–Trinajstić information content (AvgIpc) is 2.79. The van der Waals surface area contributed by atoms with Gasteiger partial charge in [-0.25, -0.2) is 9.48 Å². The standard InChI is InChI=1S/C11H12N4O4/c1-5(16)6-3-13-9-7(10(17)12-2)4-14-15(9)8(6)11(18)19/h3-4,8,13H,1-2H3,(H,12,17)(H,18,19). The van der Waals surface area contributed by atoms with Crippen molar-refractivity contribution in [1.29, 1.82) is 0 Å². The van der Waals surface area contributed by atoms with Crippen molar-refractivity contribution < 1.29 is 19.5 Å². The molecular formula is C11H12N4O4. The van der Waals surface area contributed by atoms with Gasteiger partial charge in [0.2, 0.25) is 0 Å². The van der Waals surface area contributed by atoms with Crippen LogP contribution in [0.2, 0.25) is 0 Å². The highest BCUT2D eigenvalue weighted by Crippen LogP contribution is 2.30. The largest absolute Gasteiger partial charge is 0.479 e. The Morgan fingerprint density at radius 1 is 1.47 bits per heavy atom. The maximum Gasteiger partial charge on any atom is 0.333 e. The summed E-state index contributed by atoms with van der Waals surface area (Å²) in [5, 5.41) is 18.3. The summed E-state index contributed by atoms with van der Waals surface area (Å²) in [5.41, 5.74) is 0.291. The second kappa shape index (κ2) is 4.56. The van der Waals surface area contributed by atoms with Crippen molar-refractivity contribution in [3.8, 4) is 0 Å². The molecular weight excluding hydrogens is 252 g/mol. The Morgan fingerprint density at radius 3 is 2.68 bits per heavy atom. The van der Waals surface area contributed by atoms with Crippen LogP contribution in [-0.2, 0) is 9.59 Å². The molecule has 0 aliphatic carbocycles. The van der Waals surface area contributed by atoms with Crippen molar-refractivity contribution in [1.82, 2.24) is 15.1 Å². The zero-order chi connectivity index (χ0) is 14.2. The molecule has 8 nitrogen and oxygen atoms in total. The summed E-state index contributed by atoms with van der Waals surface area (Å²) >= 11 is 0. The van der Waals surface area contributed by atoms with Gasteiger partial charge in [-0.2, -0.15) is 5.10 Å². The molecule has 3 N–H and O–H groups in total. The molecule has 19 heavy (non-hydrogen) atoms. The fraction of sp³-hybridized carbons (Fsp3) is 0.273. The number of ketones is 1. The Kier molecular flexibility index (Phi) is 3.07. The van der Waals surface area contributed by atoms with Crippen LogP contribution < -0.4 is 10.6 Å². The minimum atomic E-state index is -1.23. The first-order valence-corrected chi connectivity index (χ1v) is 5.47. The Morgan fingerprint density at radius 2 is 2.16 bits per heavy atom. The van der Waals surface area contributed by atoms with Crippen molar-refractivity contribution >= 4 is 23.5 Å². The van der Waals surface area contributed by atoms with E-state index < -0.39 is 17.9 Å². The maximum absolute atomic E-state index is 11.6. The van der Waals surface area contributed by atoms with Crippen LogP contribution in [0.25, 0.3) is 0 Å². The quantitative estimate of drug-likeness (QED) is 0.694. The summed E-state index contributed by atoms with van der Waals surface area (Å²) in [5.74, 6) is -1.73. The van der Waals surface area contributed by atoms with Crippen LogP contribution in [0.15, 0.2) is 18.0 Å². The Hall–Kier alpha value is -2.64. The van der Waals surface area contributed by atoms with Crippen LogP contribution in [0.3, 0.4) is 0 Å². The van der Waals surface area contributed by atoms with Crippen LogP contribution in [0.1, 0.15) is 23.3 Å². The third-order valence-corrected chi connectivity index (χ3v) is 2.81. The van der Waals surface area contributed by atoms with E-state index in [9.17, 15) is 19.5 Å². The van der Waals surface area contributed by atoms with Gasteiger partial charge >= 0.3 is 5.97 Å². The number of hydrogen-bond donors (Lipinski definition) is 3. The van der Waals surface area contributed by atoms with Crippen LogP contribution in [-0.4, -0.2) is 39.6 Å². The van der Waals surface area contributed by atoms with E-state index in [1.54, 1.807) is 0 Å². The zero-order valence-electron chi connectivity index (χ0n) is 10.3. The summed E-state index contributed by atoms with van der Waals surface area (Å²) in [6.45, 7) is 1.28. The summed E-state index contributed by atoms with van der Waals surface area (Å²) in [4.78, 5) is 34.3. The lowest BCUT2D eigenvalue weighted by Crippen LogP contribution is -2.30. The molecule has 0 saturated carbocycles. The van der Waals surface area contributed by atoms with Gasteiger partial charge in [0.25, 0.3) is 5.91 Å². The minimum absolute atomic E-state index is 0.0755. The Labute approximate surface area is 108 Å². The fourth-order valence-corrected chi connectivity index (χ4v) is 1.89. The topological polar surface area (TPSA) is 113 Å². The first-order chi connectivity index (χ1) is 8.97. The van der Waals surface area contributed by atoms with E-state index >= 15 is 0 Å². The third-order valence-electron chi connectivity index (χ3n) is 2.81. The molecule has 100 valence electrons. The molecule has 0 fully saturated rings. The van der Waals surface area contributed by atoms with Gasteiger partial charge in [-0.3, -0.25) is 9.59 Å². The number of nitrogens with zero attached hydrogens (tertiary/aromatic N) is 2. The number of aromatic nitrogens is 2. The van der Waals surface area contributed by atoms with Gasteiger partial charge in [-0.05, 0) is 6.92 Å². The lowest BCUT2D eigenvalue weighted by atomic mass is 10.0. The van der Waals surface area contributed by atoms with E-state index in [1.807, 2.05) is 0 Å². The predicted molar refractivity (Wildman–Crippen MR) is 64.7 cm³/mol. The molecule has 2 rings (SSSR count). The number of carbonyl (C=O) groups is 3. The Balaban J connectivity index is 2.53. The van der Waals surface area contributed by atoms with E-state index in [-0.39, 0.29) is 22.7 Å². The number of fused-ring (bicyclic) bond motifs is 1. The molecule has 2 heterocycles. The number of hydrogen-bond acceptors (Lipinski definition) is 5. The predicted octanol–water partition coefficient (Wildman–Crippen LogP) is -0.233. The van der Waals surface area contributed by atoms with Crippen molar-refractivity contribution in [2.24, 2.45) is 0 Å². The van der Waals surface area contributed by atoms with Gasteiger partial charge in [0.15, 0.2) is 11.8 Å². The molecule has 0 saturated heterocycles. The number of amides is 1. The summed E-state index contributed by atoms with van der Waals surface area (Å²) in [7, 11) is 1.46. The second-order valence-corrected chi connectivity index (χ2v) is 3.97. The highest BCUT2D eigenvalue weighted by molar-refractivity contribution is 6.03. The average molecular weight is 264 g/mol. The molecule has 1 atom stereocenters. The Bertz CT molecular complexity index is 602. The smallest absolute Gasteiger partial charge is 0.333 e. The van der Waals surface area contributed by atoms with E-state index in [2.05, 4.69) is 15.7 Å². The van der Waals surface area contributed by atoms with Crippen LogP contribution >= 0.6 is 0 Å². The summed E-state index contributed by atoms with van der Waals surface area (Å²) in [6.07, 6.45) is 2.55. The number of carboxylic acids is 1. The number of carboxylic acid groups (broad SMARTS) is 1. The number of anilines is 1. The first-order valence-electron chi connectivity index (χ1n) is 5.47. The molecule has 1 aromatic rings.